The lowest BCUT2D eigenvalue weighted by molar-refractivity contribution is 0.813. The Morgan fingerprint density at radius 3 is 3.08 bits per heavy atom. The van der Waals surface area contributed by atoms with Gasteiger partial charge >= 0.3 is 0 Å². The maximum absolute atomic E-state index is 4.31. The van der Waals surface area contributed by atoms with Crippen LogP contribution >= 0.6 is 0 Å². The molecule has 2 heteroatoms. The van der Waals surface area contributed by atoms with Gasteiger partial charge in [-0.2, -0.15) is 0 Å². The number of hydrogen-bond acceptors (Lipinski definition) is 2. The van der Waals surface area contributed by atoms with E-state index in [1.165, 1.54) is 19.3 Å². The van der Waals surface area contributed by atoms with E-state index in [2.05, 4.69) is 29.4 Å². The minimum atomic E-state index is 0.956. The van der Waals surface area contributed by atoms with Crippen molar-refractivity contribution in [2.24, 2.45) is 4.99 Å². The van der Waals surface area contributed by atoms with E-state index >= 15 is 0 Å². The Kier molecular flexibility index (Phi) is 4.50. The Hall–Kier alpha value is -0.790. The molecule has 0 aliphatic carbocycles. The molecule has 0 atom stereocenters. The summed E-state index contributed by atoms with van der Waals surface area (Å²) in [5.74, 6) is 1.16. The SMILES string of the molecule is CCCC/C=C/CC1=NCCN1. The van der Waals surface area contributed by atoms with Crippen LogP contribution in [0.15, 0.2) is 17.1 Å². The Morgan fingerprint density at radius 1 is 1.50 bits per heavy atom. The number of allylic oxidation sites excluding steroid dienone is 1. The molecule has 0 unspecified atom stereocenters. The summed E-state index contributed by atoms with van der Waals surface area (Å²) in [4.78, 5) is 4.31. The van der Waals surface area contributed by atoms with Crippen molar-refractivity contribution >= 4 is 5.84 Å². The van der Waals surface area contributed by atoms with Gasteiger partial charge in [-0.25, -0.2) is 0 Å². The van der Waals surface area contributed by atoms with Crippen molar-refractivity contribution in [2.75, 3.05) is 13.1 Å². The second-order valence-corrected chi connectivity index (χ2v) is 3.07. The van der Waals surface area contributed by atoms with Gasteiger partial charge in [0.1, 0.15) is 5.84 Å². The molecule has 1 aliphatic heterocycles. The fourth-order valence-electron chi connectivity index (χ4n) is 1.22. The minimum Gasteiger partial charge on any atom is -0.372 e. The van der Waals surface area contributed by atoms with Crippen molar-refractivity contribution < 1.29 is 0 Å². The number of nitrogens with one attached hydrogen (secondary N) is 1. The minimum absolute atomic E-state index is 0.956. The van der Waals surface area contributed by atoms with Gasteiger partial charge in [-0.1, -0.05) is 31.9 Å². The highest BCUT2D eigenvalue weighted by molar-refractivity contribution is 5.84. The van der Waals surface area contributed by atoms with Gasteiger partial charge in [-0.05, 0) is 6.42 Å². The summed E-state index contributed by atoms with van der Waals surface area (Å²) in [6.07, 6.45) is 9.26. The fourth-order valence-corrected chi connectivity index (χ4v) is 1.22. The summed E-state index contributed by atoms with van der Waals surface area (Å²) in [5, 5.41) is 3.25. The van der Waals surface area contributed by atoms with Crippen LogP contribution in [0.2, 0.25) is 0 Å². The van der Waals surface area contributed by atoms with Crippen molar-refractivity contribution in [1.29, 1.82) is 0 Å². The monoisotopic (exact) mass is 166 g/mol. The molecule has 12 heavy (non-hydrogen) atoms. The molecular weight excluding hydrogens is 148 g/mol. The smallest absolute Gasteiger partial charge is 0.100 e. The number of nitrogens with zero attached hydrogens (tertiary/aromatic N) is 1. The van der Waals surface area contributed by atoms with Crippen LogP contribution in [0.1, 0.15) is 32.6 Å². The van der Waals surface area contributed by atoms with E-state index in [4.69, 9.17) is 0 Å². The third kappa shape index (κ3) is 3.56. The summed E-state index contributed by atoms with van der Waals surface area (Å²) >= 11 is 0. The van der Waals surface area contributed by atoms with E-state index in [9.17, 15) is 0 Å². The van der Waals surface area contributed by atoms with Crippen LogP contribution in [0.5, 0.6) is 0 Å². The Bertz CT molecular complexity index is 171. The first-order valence-corrected chi connectivity index (χ1v) is 4.85. The second kappa shape index (κ2) is 5.81. The highest BCUT2D eigenvalue weighted by Gasteiger charge is 2.00. The van der Waals surface area contributed by atoms with Gasteiger partial charge < -0.3 is 5.32 Å². The first-order valence-electron chi connectivity index (χ1n) is 4.85. The molecule has 1 rings (SSSR count). The number of hydrogen-bond donors (Lipinski definition) is 1. The van der Waals surface area contributed by atoms with Crippen LogP contribution < -0.4 is 5.32 Å². The molecule has 0 amide bonds. The molecular formula is C10H18N2. The molecule has 0 bridgehead atoms. The normalized spacial score (nSPS) is 16.6. The van der Waals surface area contributed by atoms with Gasteiger partial charge in [0.2, 0.25) is 0 Å². The van der Waals surface area contributed by atoms with Gasteiger partial charge in [0.05, 0.1) is 6.54 Å². The third-order valence-corrected chi connectivity index (χ3v) is 1.95. The third-order valence-electron chi connectivity index (χ3n) is 1.95. The highest BCUT2D eigenvalue weighted by atomic mass is 15.1. The van der Waals surface area contributed by atoms with Gasteiger partial charge in [-0.15, -0.1) is 0 Å². The summed E-state index contributed by atoms with van der Waals surface area (Å²) < 4.78 is 0. The van der Waals surface area contributed by atoms with Crippen LogP contribution in [0.4, 0.5) is 0 Å². The van der Waals surface area contributed by atoms with E-state index in [-0.39, 0.29) is 0 Å². The van der Waals surface area contributed by atoms with E-state index in [1.807, 2.05) is 0 Å². The van der Waals surface area contributed by atoms with Gasteiger partial charge in [0.25, 0.3) is 0 Å². The Labute approximate surface area is 74.8 Å². The van der Waals surface area contributed by atoms with Gasteiger partial charge in [-0.3, -0.25) is 4.99 Å². The average molecular weight is 166 g/mol. The fraction of sp³-hybridized carbons (Fsp3) is 0.700. The zero-order chi connectivity index (χ0) is 8.65. The summed E-state index contributed by atoms with van der Waals surface area (Å²) in [6.45, 7) is 4.20. The van der Waals surface area contributed by atoms with Crippen molar-refractivity contribution in [1.82, 2.24) is 5.32 Å². The van der Waals surface area contributed by atoms with Crippen molar-refractivity contribution in [2.45, 2.75) is 32.6 Å². The number of unbranched alkanes of at least 4 members (excludes halogenated alkanes) is 2. The first-order chi connectivity index (χ1) is 5.93. The second-order valence-electron chi connectivity index (χ2n) is 3.07. The van der Waals surface area contributed by atoms with Crippen LogP contribution in [-0.2, 0) is 0 Å². The number of rotatable bonds is 5. The van der Waals surface area contributed by atoms with Crippen LogP contribution in [0, 0.1) is 0 Å². The molecule has 0 saturated heterocycles. The molecule has 1 heterocycles. The quantitative estimate of drug-likeness (QED) is 0.491. The molecule has 0 aromatic rings. The van der Waals surface area contributed by atoms with Crippen LogP contribution in [0.25, 0.3) is 0 Å². The van der Waals surface area contributed by atoms with Crippen LogP contribution in [-0.4, -0.2) is 18.9 Å². The van der Waals surface area contributed by atoms with E-state index < -0.39 is 0 Å². The van der Waals surface area contributed by atoms with Crippen molar-refractivity contribution in [3.05, 3.63) is 12.2 Å². The lowest BCUT2D eigenvalue weighted by Crippen LogP contribution is -2.17. The predicted molar refractivity (Wildman–Crippen MR) is 53.6 cm³/mol. The maximum atomic E-state index is 4.31. The first kappa shape index (κ1) is 9.30. The molecule has 68 valence electrons. The van der Waals surface area contributed by atoms with Gasteiger partial charge in [0.15, 0.2) is 0 Å². The molecule has 0 aromatic carbocycles. The molecule has 0 fully saturated rings. The predicted octanol–water partition coefficient (Wildman–Crippen LogP) is 2.12. The van der Waals surface area contributed by atoms with Gasteiger partial charge in [0, 0.05) is 13.0 Å². The molecule has 0 aromatic heterocycles. The molecule has 1 N–H and O–H groups in total. The lowest BCUT2D eigenvalue weighted by Gasteiger charge is -1.95. The zero-order valence-corrected chi connectivity index (χ0v) is 7.84. The summed E-state index contributed by atoms with van der Waals surface area (Å²) in [6, 6.07) is 0. The Morgan fingerprint density at radius 2 is 2.42 bits per heavy atom. The standard InChI is InChI=1S/C10H18N2/c1-2-3-4-5-6-7-10-11-8-9-12-10/h5-6H,2-4,7-9H2,1H3,(H,11,12)/b6-5+. The van der Waals surface area contributed by atoms with E-state index in [0.717, 1.165) is 25.3 Å². The Balaban J connectivity index is 2.03. The highest BCUT2D eigenvalue weighted by Crippen LogP contribution is 1.97. The molecule has 0 saturated carbocycles. The zero-order valence-electron chi connectivity index (χ0n) is 7.84. The van der Waals surface area contributed by atoms with Crippen molar-refractivity contribution in [3.8, 4) is 0 Å². The number of aliphatic imine (C=N–C) groups is 1. The molecule has 0 spiro atoms. The summed E-state index contributed by atoms with van der Waals surface area (Å²) in [7, 11) is 0. The summed E-state index contributed by atoms with van der Waals surface area (Å²) in [5.41, 5.74) is 0. The maximum Gasteiger partial charge on any atom is 0.100 e. The molecule has 2 nitrogen and oxygen atoms in total. The topological polar surface area (TPSA) is 24.4 Å². The van der Waals surface area contributed by atoms with E-state index in [0.29, 0.717) is 0 Å². The largest absolute Gasteiger partial charge is 0.372 e. The van der Waals surface area contributed by atoms with Crippen molar-refractivity contribution in [3.63, 3.8) is 0 Å². The van der Waals surface area contributed by atoms with Crippen LogP contribution in [0.3, 0.4) is 0 Å². The lowest BCUT2D eigenvalue weighted by atomic mass is 10.2. The average Bonchev–Trinajstić information content (AvgIpc) is 2.57. The molecule has 1 aliphatic rings. The van der Waals surface area contributed by atoms with E-state index in [1.54, 1.807) is 0 Å². The molecule has 0 radical (unpaired) electrons. The number of amidine groups is 1.